The fourth-order valence-electron chi connectivity index (χ4n) is 6.97. The van der Waals surface area contributed by atoms with Gasteiger partial charge in [-0.05, 0) is 79.5 Å². The third kappa shape index (κ3) is 4.82. The summed E-state index contributed by atoms with van der Waals surface area (Å²) in [6, 6.07) is 10.4. The van der Waals surface area contributed by atoms with Crippen LogP contribution >= 0.6 is 0 Å². The molecule has 1 saturated heterocycles. The van der Waals surface area contributed by atoms with Gasteiger partial charge in [0.2, 0.25) is 5.91 Å². The molecule has 2 aliphatic carbocycles. The highest BCUT2D eigenvalue weighted by Crippen LogP contribution is 2.52. The lowest BCUT2D eigenvalue weighted by Crippen LogP contribution is -2.59. The largest absolute Gasteiger partial charge is 0.416 e. The summed E-state index contributed by atoms with van der Waals surface area (Å²) in [7, 11) is 0. The zero-order valence-corrected chi connectivity index (χ0v) is 21.5. The number of halogens is 6. The van der Waals surface area contributed by atoms with Crippen molar-refractivity contribution >= 4 is 5.91 Å². The molecule has 2 fully saturated rings. The van der Waals surface area contributed by atoms with Crippen molar-refractivity contribution < 1.29 is 31.1 Å². The number of carbonyl (C=O) groups is 1. The second-order valence-corrected chi connectivity index (χ2v) is 11.7. The molecule has 9 heteroatoms. The Balaban J connectivity index is 1.19. The monoisotopic (exact) mass is 538 g/mol. The molecule has 1 heterocycles. The van der Waals surface area contributed by atoms with E-state index >= 15 is 0 Å². The van der Waals surface area contributed by atoms with Crippen LogP contribution in [0.2, 0.25) is 0 Å². The number of benzene rings is 2. The number of likely N-dealkylation sites (tertiary alicyclic amines) is 1. The van der Waals surface area contributed by atoms with Crippen molar-refractivity contribution in [2.75, 3.05) is 13.1 Å². The van der Waals surface area contributed by atoms with Crippen molar-refractivity contribution in [3.05, 3.63) is 70.3 Å². The van der Waals surface area contributed by atoms with E-state index < -0.39 is 35.4 Å². The highest BCUT2D eigenvalue weighted by atomic mass is 19.4. The molecule has 3 aliphatic rings. The van der Waals surface area contributed by atoms with Crippen LogP contribution in [0.5, 0.6) is 0 Å². The first-order valence-corrected chi connectivity index (χ1v) is 13.1. The third-order valence-corrected chi connectivity index (χ3v) is 9.23. The van der Waals surface area contributed by atoms with Crippen molar-refractivity contribution in [1.29, 1.82) is 0 Å². The minimum Gasteiger partial charge on any atom is -0.352 e. The molecule has 0 unspecified atom stereocenters. The average Bonchev–Trinajstić information content (AvgIpc) is 3.20. The molecule has 1 aliphatic heterocycles. The number of aryl methyl sites for hydroxylation is 1. The summed E-state index contributed by atoms with van der Waals surface area (Å²) in [6.07, 6.45) is -5.26. The second kappa shape index (κ2) is 9.28. The third-order valence-electron chi connectivity index (χ3n) is 9.23. The van der Waals surface area contributed by atoms with Gasteiger partial charge in [-0.3, -0.25) is 9.69 Å². The van der Waals surface area contributed by atoms with E-state index in [0.717, 1.165) is 32.4 Å². The number of nitrogens with one attached hydrogen (secondary N) is 1. The molecular formula is C29H32F6N2O. The maximum atomic E-state index is 13.1. The molecule has 1 saturated carbocycles. The molecule has 3 nitrogen and oxygen atoms in total. The van der Waals surface area contributed by atoms with Gasteiger partial charge < -0.3 is 5.32 Å². The van der Waals surface area contributed by atoms with Crippen LogP contribution in [0.3, 0.4) is 0 Å². The quantitative estimate of drug-likeness (QED) is 0.438. The van der Waals surface area contributed by atoms with Gasteiger partial charge in [-0.25, -0.2) is 0 Å². The first kappa shape index (κ1) is 27.0. The van der Waals surface area contributed by atoms with Crippen LogP contribution in [-0.4, -0.2) is 29.9 Å². The lowest BCUT2D eigenvalue weighted by atomic mass is 9.63. The maximum absolute atomic E-state index is 13.1. The topological polar surface area (TPSA) is 32.3 Å². The van der Waals surface area contributed by atoms with Crippen molar-refractivity contribution in [3.63, 3.8) is 0 Å². The molecule has 2 atom stereocenters. The van der Waals surface area contributed by atoms with Crippen LogP contribution < -0.4 is 5.32 Å². The van der Waals surface area contributed by atoms with Crippen LogP contribution in [0.25, 0.3) is 0 Å². The first-order valence-electron chi connectivity index (χ1n) is 13.1. The first-order chi connectivity index (χ1) is 17.7. The van der Waals surface area contributed by atoms with E-state index in [1.807, 2.05) is 6.92 Å². The molecule has 1 spiro atoms. The number of carbonyl (C=O) groups excluding carboxylic acids is 1. The van der Waals surface area contributed by atoms with Gasteiger partial charge >= 0.3 is 12.4 Å². The molecule has 1 N–H and O–H groups in total. The molecule has 0 radical (unpaired) electrons. The van der Waals surface area contributed by atoms with Crippen molar-refractivity contribution in [3.8, 4) is 0 Å². The number of amides is 1. The highest BCUT2D eigenvalue weighted by Gasteiger charge is 2.52. The molecule has 1 amide bonds. The fraction of sp³-hybridized carbons (Fsp3) is 0.552. The summed E-state index contributed by atoms with van der Waals surface area (Å²) < 4.78 is 78.9. The van der Waals surface area contributed by atoms with Gasteiger partial charge in [-0.15, -0.1) is 0 Å². The van der Waals surface area contributed by atoms with E-state index in [-0.39, 0.29) is 29.0 Å². The average molecular weight is 539 g/mol. The summed E-state index contributed by atoms with van der Waals surface area (Å²) in [5, 5.41) is 2.59. The van der Waals surface area contributed by atoms with E-state index in [1.165, 1.54) is 11.1 Å². The molecular weight excluding hydrogens is 506 g/mol. The lowest BCUT2D eigenvalue weighted by Gasteiger charge is -2.54. The smallest absolute Gasteiger partial charge is 0.352 e. The molecule has 0 aromatic heterocycles. The predicted octanol–water partition coefficient (Wildman–Crippen LogP) is 6.74. The lowest BCUT2D eigenvalue weighted by molar-refractivity contribution is -0.143. The Bertz CT molecular complexity index is 1180. The van der Waals surface area contributed by atoms with E-state index in [4.69, 9.17) is 0 Å². The zero-order chi connectivity index (χ0) is 27.5. The van der Waals surface area contributed by atoms with E-state index in [1.54, 1.807) is 0 Å². The van der Waals surface area contributed by atoms with Gasteiger partial charge in [-0.1, -0.05) is 38.1 Å². The summed E-state index contributed by atoms with van der Waals surface area (Å²) in [5.41, 5.74) is -0.555. The normalized spacial score (nSPS) is 29.7. The minimum atomic E-state index is -4.92. The molecule has 2 aromatic rings. The molecule has 38 heavy (non-hydrogen) atoms. The standard InChI is InChI=1S/C29H32F6N2O/c1-18-17-37(10-9-27(18)8-7-20-5-3-4-6-24(20)27)23-14-26(2,15-23)25(38)36-16-19-11-21(28(30,31)32)13-22(12-19)29(33,34)35/h3-6,11-13,18,23H,7-10,14-17H2,1-2H3,(H,36,38)/t18-,23?,26?,27-/m0/s1. The Kier molecular flexibility index (Phi) is 6.60. The van der Waals surface area contributed by atoms with Crippen molar-refractivity contribution in [2.45, 2.75) is 76.3 Å². The van der Waals surface area contributed by atoms with Crippen LogP contribution in [0.15, 0.2) is 42.5 Å². The number of rotatable bonds is 4. The highest BCUT2D eigenvalue weighted by molar-refractivity contribution is 5.83. The second-order valence-electron chi connectivity index (χ2n) is 11.7. The number of nitrogens with zero attached hydrogens (tertiary/aromatic N) is 1. The number of alkyl halides is 6. The maximum Gasteiger partial charge on any atom is 0.416 e. The number of fused-ring (bicyclic) bond motifs is 2. The Morgan fingerprint density at radius 2 is 1.63 bits per heavy atom. The molecule has 0 bridgehead atoms. The molecule has 5 rings (SSSR count). The van der Waals surface area contributed by atoms with Crippen molar-refractivity contribution in [1.82, 2.24) is 10.2 Å². The van der Waals surface area contributed by atoms with Crippen molar-refractivity contribution in [2.24, 2.45) is 11.3 Å². The molecule has 206 valence electrons. The Morgan fingerprint density at radius 1 is 1.00 bits per heavy atom. The predicted molar refractivity (Wildman–Crippen MR) is 131 cm³/mol. The molecule has 2 aromatic carbocycles. The van der Waals surface area contributed by atoms with Crippen LogP contribution in [0.4, 0.5) is 26.3 Å². The van der Waals surface area contributed by atoms with Gasteiger partial charge in [0.1, 0.15) is 0 Å². The van der Waals surface area contributed by atoms with E-state index in [0.29, 0.717) is 30.9 Å². The van der Waals surface area contributed by atoms with Gasteiger partial charge in [0, 0.05) is 30.0 Å². The number of hydrogen-bond donors (Lipinski definition) is 1. The fourth-order valence-corrected chi connectivity index (χ4v) is 6.97. The number of hydrogen-bond acceptors (Lipinski definition) is 2. The SMILES string of the molecule is C[C@H]1CN(C2CC(C)(C(=O)NCc3cc(C(F)(F)F)cc(C(F)(F)F)c3)C2)CC[C@@]12CCc1ccccc12. The summed E-state index contributed by atoms with van der Waals surface area (Å²) in [4.78, 5) is 15.4. The van der Waals surface area contributed by atoms with Crippen LogP contribution in [0.1, 0.15) is 67.3 Å². The summed E-state index contributed by atoms with van der Waals surface area (Å²) in [5.74, 6) is 0.135. The number of piperidine rings is 1. The summed E-state index contributed by atoms with van der Waals surface area (Å²) in [6.45, 7) is 5.62. The van der Waals surface area contributed by atoms with Crippen LogP contribution in [-0.2, 0) is 35.5 Å². The summed E-state index contributed by atoms with van der Waals surface area (Å²) >= 11 is 0. The Hall–Kier alpha value is -2.55. The van der Waals surface area contributed by atoms with E-state index in [9.17, 15) is 31.1 Å². The van der Waals surface area contributed by atoms with Gasteiger partial charge in [-0.2, -0.15) is 26.3 Å². The van der Waals surface area contributed by atoms with Gasteiger partial charge in [0.15, 0.2) is 0 Å². The zero-order valence-electron chi connectivity index (χ0n) is 21.5. The minimum absolute atomic E-state index is 0.0943. The Morgan fingerprint density at radius 3 is 2.24 bits per heavy atom. The van der Waals surface area contributed by atoms with Gasteiger partial charge in [0.05, 0.1) is 11.1 Å². The van der Waals surface area contributed by atoms with E-state index in [2.05, 4.69) is 41.4 Å². The Labute approximate surface area is 218 Å². The van der Waals surface area contributed by atoms with Crippen LogP contribution in [0, 0.1) is 11.3 Å². The van der Waals surface area contributed by atoms with Gasteiger partial charge in [0.25, 0.3) is 0 Å².